The molecule has 0 bridgehead atoms. The van der Waals surface area contributed by atoms with Gasteiger partial charge >= 0.3 is 0 Å². The van der Waals surface area contributed by atoms with E-state index in [1.807, 2.05) is 30.3 Å². The molecule has 2 fully saturated rings. The van der Waals surface area contributed by atoms with Gasteiger partial charge in [0.05, 0.1) is 17.2 Å². The van der Waals surface area contributed by atoms with Gasteiger partial charge in [-0.15, -0.1) is 0 Å². The molecule has 1 aromatic heterocycles. The number of amides is 2. The van der Waals surface area contributed by atoms with E-state index in [9.17, 15) is 14.0 Å². The van der Waals surface area contributed by atoms with E-state index in [1.165, 1.54) is 12.1 Å². The Bertz CT molecular complexity index is 1160. The standard InChI is InChI=1S/C25H24FN3O3/c1-16-21(17(2)32-27-16)23(30)28-13-11-25(12-14-28)22(18-7-4-3-5-8-18)29(24(25)31)20-10-6-9-19(26)15-20/h3-10,15,22H,11-14H2,1-2H3. The third-order valence-electron chi connectivity index (χ3n) is 6.82. The lowest BCUT2D eigenvalue weighted by molar-refractivity contribution is -0.144. The summed E-state index contributed by atoms with van der Waals surface area (Å²) in [5.41, 5.74) is 2.04. The van der Waals surface area contributed by atoms with Crippen LogP contribution in [0, 0.1) is 25.1 Å². The van der Waals surface area contributed by atoms with E-state index in [4.69, 9.17) is 4.52 Å². The number of rotatable bonds is 3. The van der Waals surface area contributed by atoms with Gasteiger partial charge in [-0.05, 0) is 50.5 Å². The van der Waals surface area contributed by atoms with Crippen LogP contribution in [0.2, 0.25) is 0 Å². The zero-order chi connectivity index (χ0) is 22.5. The largest absolute Gasteiger partial charge is 0.361 e. The maximum atomic E-state index is 13.9. The number of carbonyl (C=O) groups excluding carboxylic acids is 2. The maximum Gasteiger partial charge on any atom is 0.259 e. The second kappa shape index (κ2) is 7.58. The molecule has 32 heavy (non-hydrogen) atoms. The fourth-order valence-electron chi connectivity index (χ4n) is 5.19. The molecule has 1 spiro atoms. The fourth-order valence-corrected chi connectivity index (χ4v) is 5.19. The molecule has 3 heterocycles. The van der Waals surface area contributed by atoms with E-state index in [0.717, 1.165) is 5.56 Å². The highest BCUT2D eigenvalue weighted by Crippen LogP contribution is 2.57. The summed E-state index contributed by atoms with van der Waals surface area (Å²) in [6.07, 6.45) is 1.10. The van der Waals surface area contributed by atoms with Crippen LogP contribution < -0.4 is 4.90 Å². The van der Waals surface area contributed by atoms with Crippen molar-refractivity contribution in [2.24, 2.45) is 5.41 Å². The van der Waals surface area contributed by atoms with Crippen molar-refractivity contribution in [3.63, 3.8) is 0 Å². The summed E-state index contributed by atoms with van der Waals surface area (Å²) in [5, 5.41) is 3.89. The number of benzene rings is 2. The smallest absolute Gasteiger partial charge is 0.259 e. The van der Waals surface area contributed by atoms with E-state index in [2.05, 4.69) is 5.16 Å². The van der Waals surface area contributed by atoms with E-state index >= 15 is 0 Å². The minimum Gasteiger partial charge on any atom is -0.361 e. The second-order valence-electron chi connectivity index (χ2n) is 8.62. The van der Waals surface area contributed by atoms with Gasteiger partial charge in [-0.1, -0.05) is 41.6 Å². The lowest BCUT2D eigenvalue weighted by Gasteiger charge is -2.59. The first-order valence-corrected chi connectivity index (χ1v) is 10.8. The Morgan fingerprint density at radius 2 is 1.81 bits per heavy atom. The van der Waals surface area contributed by atoms with Gasteiger partial charge < -0.3 is 14.3 Å². The first kappa shape index (κ1) is 20.4. The predicted molar refractivity (Wildman–Crippen MR) is 117 cm³/mol. The molecule has 1 unspecified atom stereocenters. The molecule has 2 aliphatic rings. The van der Waals surface area contributed by atoms with Crippen molar-refractivity contribution in [1.29, 1.82) is 0 Å². The molecule has 164 valence electrons. The lowest BCUT2D eigenvalue weighted by atomic mass is 9.62. The number of halogens is 1. The van der Waals surface area contributed by atoms with Crippen LogP contribution >= 0.6 is 0 Å². The van der Waals surface area contributed by atoms with E-state index in [0.29, 0.717) is 48.6 Å². The number of aromatic nitrogens is 1. The third-order valence-corrected chi connectivity index (χ3v) is 6.82. The van der Waals surface area contributed by atoms with Gasteiger partial charge in [0.2, 0.25) is 5.91 Å². The Morgan fingerprint density at radius 3 is 2.44 bits per heavy atom. The van der Waals surface area contributed by atoms with Crippen LogP contribution in [0.3, 0.4) is 0 Å². The summed E-state index contributed by atoms with van der Waals surface area (Å²) in [6, 6.07) is 15.8. The SMILES string of the molecule is Cc1noc(C)c1C(=O)N1CCC2(CC1)C(=O)N(c1cccc(F)c1)C2c1ccccc1. The number of carbonyl (C=O) groups is 2. The topological polar surface area (TPSA) is 66.7 Å². The van der Waals surface area contributed by atoms with E-state index < -0.39 is 5.41 Å². The molecule has 0 saturated carbocycles. The fraction of sp³-hybridized carbons (Fsp3) is 0.320. The van der Waals surface area contributed by atoms with Crippen LogP contribution in [0.15, 0.2) is 59.1 Å². The van der Waals surface area contributed by atoms with Gasteiger partial charge in [0.1, 0.15) is 17.1 Å². The predicted octanol–water partition coefficient (Wildman–Crippen LogP) is 4.44. The molecule has 1 atom stereocenters. The van der Waals surface area contributed by atoms with Crippen LogP contribution in [0.25, 0.3) is 0 Å². The number of piperidine rings is 1. The summed E-state index contributed by atoms with van der Waals surface area (Å²) in [7, 11) is 0. The molecule has 3 aromatic rings. The third kappa shape index (κ3) is 3.03. The molecule has 2 aromatic carbocycles. The first-order valence-electron chi connectivity index (χ1n) is 10.8. The van der Waals surface area contributed by atoms with Gasteiger partial charge in [0, 0.05) is 18.8 Å². The average molecular weight is 433 g/mol. The summed E-state index contributed by atoms with van der Waals surface area (Å²) < 4.78 is 19.1. The van der Waals surface area contributed by atoms with Crippen LogP contribution in [0.5, 0.6) is 0 Å². The van der Waals surface area contributed by atoms with Gasteiger partial charge in [-0.2, -0.15) is 0 Å². The Balaban J connectivity index is 1.44. The first-order chi connectivity index (χ1) is 15.4. The molecular weight excluding hydrogens is 409 g/mol. The van der Waals surface area contributed by atoms with Crippen molar-refractivity contribution >= 4 is 17.5 Å². The molecule has 5 rings (SSSR count). The summed E-state index contributed by atoms with van der Waals surface area (Å²) in [4.78, 5) is 30.1. The second-order valence-corrected chi connectivity index (χ2v) is 8.62. The van der Waals surface area contributed by atoms with Crippen molar-refractivity contribution < 1.29 is 18.5 Å². The van der Waals surface area contributed by atoms with Gasteiger partial charge in [0.15, 0.2) is 0 Å². The molecule has 6 nitrogen and oxygen atoms in total. The molecule has 0 aliphatic carbocycles. The maximum absolute atomic E-state index is 13.9. The van der Waals surface area contributed by atoms with Crippen molar-refractivity contribution in [2.75, 3.05) is 18.0 Å². The molecule has 0 radical (unpaired) electrons. The van der Waals surface area contributed by atoms with Crippen molar-refractivity contribution in [1.82, 2.24) is 10.1 Å². The zero-order valence-electron chi connectivity index (χ0n) is 18.0. The molecule has 7 heteroatoms. The lowest BCUT2D eigenvalue weighted by Crippen LogP contribution is -2.67. The Labute approximate surface area is 185 Å². The normalized spacial score (nSPS) is 19.8. The van der Waals surface area contributed by atoms with Crippen molar-refractivity contribution in [3.05, 3.63) is 83.0 Å². The number of anilines is 1. The van der Waals surface area contributed by atoms with E-state index in [-0.39, 0.29) is 23.7 Å². The number of β-lactam (4-membered cyclic amide) rings is 1. The number of nitrogens with zero attached hydrogens (tertiary/aromatic N) is 3. The van der Waals surface area contributed by atoms with Gasteiger partial charge in [-0.3, -0.25) is 9.59 Å². The Kier molecular flexibility index (Phi) is 4.84. The monoisotopic (exact) mass is 433 g/mol. The Morgan fingerprint density at radius 1 is 1.09 bits per heavy atom. The molecule has 0 N–H and O–H groups in total. The highest BCUT2D eigenvalue weighted by molar-refractivity contribution is 6.06. The van der Waals surface area contributed by atoms with Crippen molar-refractivity contribution in [3.8, 4) is 0 Å². The molecule has 2 saturated heterocycles. The number of hydrogen-bond donors (Lipinski definition) is 0. The Hall–Kier alpha value is -3.48. The molecular formula is C25H24FN3O3. The summed E-state index contributed by atoms with van der Waals surface area (Å²) in [5.74, 6) is 0.0115. The zero-order valence-corrected chi connectivity index (χ0v) is 18.0. The molecule has 2 amide bonds. The van der Waals surface area contributed by atoms with E-state index in [1.54, 1.807) is 35.8 Å². The molecule has 2 aliphatic heterocycles. The number of likely N-dealkylation sites (tertiary alicyclic amines) is 1. The quantitative estimate of drug-likeness (QED) is 0.573. The minimum atomic E-state index is -0.608. The average Bonchev–Trinajstić information content (AvgIpc) is 3.15. The van der Waals surface area contributed by atoms with Crippen LogP contribution in [0.4, 0.5) is 10.1 Å². The van der Waals surface area contributed by atoms with Gasteiger partial charge in [-0.25, -0.2) is 4.39 Å². The number of aryl methyl sites for hydroxylation is 2. The summed E-state index contributed by atoms with van der Waals surface area (Å²) in [6.45, 7) is 4.42. The van der Waals surface area contributed by atoms with Crippen LogP contribution in [0.1, 0.15) is 46.3 Å². The van der Waals surface area contributed by atoms with Gasteiger partial charge in [0.25, 0.3) is 5.91 Å². The van der Waals surface area contributed by atoms with Crippen LogP contribution in [-0.4, -0.2) is 35.0 Å². The van der Waals surface area contributed by atoms with Crippen molar-refractivity contribution in [2.45, 2.75) is 32.7 Å². The highest BCUT2D eigenvalue weighted by Gasteiger charge is 2.62. The summed E-state index contributed by atoms with van der Waals surface area (Å²) >= 11 is 0. The minimum absolute atomic E-state index is 0.0126. The van der Waals surface area contributed by atoms with Crippen LogP contribution in [-0.2, 0) is 4.79 Å². The highest BCUT2D eigenvalue weighted by atomic mass is 19.1. The number of hydrogen-bond acceptors (Lipinski definition) is 4.